The minimum absolute atomic E-state index is 0.251. The molecule has 3 nitrogen and oxygen atoms in total. The van der Waals surface area contributed by atoms with Gasteiger partial charge in [-0.05, 0) is 30.4 Å². The smallest absolute Gasteiger partial charge is 0.251 e. The van der Waals surface area contributed by atoms with Crippen LogP contribution in [-0.4, -0.2) is 34.7 Å². The van der Waals surface area contributed by atoms with Gasteiger partial charge in [-0.3, -0.25) is 4.79 Å². The van der Waals surface area contributed by atoms with Crippen molar-refractivity contribution >= 4 is 40.9 Å². The summed E-state index contributed by atoms with van der Waals surface area (Å²) in [4.78, 5) is 11.9. The highest BCUT2D eigenvalue weighted by molar-refractivity contribution is 7.99. The van der Waals surface area contributed by atoms with E-state index in [1.807, 2.05) is 0 Å². The van der Waals surface area contributed by atoms with Gasteiger partial charge in [0.05, 0.1) is 15.6 Å². The largest absolute Gasteiger partial charge is 0.387 e. The maximum atomic E-state index is 11.9. The summed E-state index contributed by atoms with van der Waals surface area (Å²) in [6.45, 7) is 0.263. The van der Waals surface area contributed by atoms with Crippen LogP contribution in [0.3, 0.4) is 0 Å². The summed E-state index contributed by atoms with van der Waals surface area (Å²) in [5.74, 6) is 1.34. The highest BCUT2D eigenvalue weighted by Crippen LogP contribution is 2.27. The first-order valence-electron chi connectivity index (χ1n) is 5.54. The van der Waals surface area contributed by atoms with Crippen LogP contribution in [-0.2, 0) is 0 Å². The van der Waals surface area contributed by atoms with Crippen LogP contribution in [0.1, 0.15) is 16.8 Å². The lowest BCUT2D eigenvalue weighted by molar-refractivity contribution is 0.0612. The Hall–Kier alpha value is -0.420. The Balaban J connectivity index is 1.97. The summed E-state index contributed by atoms with van der Waals surface area (Å²) in [6.07, 6.45) is 0.708. The molecule has 0 aliphatic carbocycles. The number of hydrogen-bond donors (Lipinski definition) is 2. The van der Waals surface area contributed by atoms with Gasteiger partial charge in [-0.15, -0.1) is 0 Å². The summed E-state index contributed by atoms with van der Waals surface area (Å²) in [7, 11) is 0. The SMILES string of the molecule is O=C(NCC1(O)CCSC1)c1ccc(Cl)c(Cl)c1. The van der Waals surface area contributed by atoms with Gasteiger partial charge < -0.3 is 10.4 Å². The topological polar surface area (TPSA) is 49.3 Å². The van der Waals surface area contributed by atoms with Gasteiger partial charge in [0, 0.05) is 17.9 Å². The van der Waals surface area contributed by atoms with Crippen molar-refractivity contribution in [1.82, 2.24) is 5.32 Å². The van der Waals surface area contributed by atoms with E-state index in [0.717, 1.165) is 5.75 Å². The lowest BCUT2D eigenvalue weighted by Gasteiger charge is -2.21. The van der Waals surface area contributed by atoms with Crippen LogP contribution < -0.4 is 5.32 Å². The van der Waals surface area contributed by atoms with Gasteiger partial charge in [0.1, 0.15) is 0 Å². The number of thioether (sulfide) groups is 1. The first kappa shape index (κ1) is 14.0. The molecule has 1 atom stereocenters. The van der Waals surface area contributed by atoms with Crippen LogP contribution in [0.2, 0.25) is 10.0 Å². The maximum Gasteiger partial charge on any atom is 0.251 e. The Morgan fingerprint density at radius 2 is 2.22 bits per heavy atom. The molecule has 1 aliphatic rings. The van der Waals surface area contributed by atoms with E-state index in [-0.39, 0.29) is 12.5 Å². The molecule has 18 heavy (non-hydrogen) atoms. The third-order valence-electron chi connectivity index (χ3n) is 2.84. The molecule has 0 spiro atoms. The van der Waals surface area contributed by atoms with Gasteiger partial charge in [0.25, 0.3) is 5.91 Å². The summed E-state index contributed by atoms with van der Waals surface area (Å²) >= 11 is 13.3. The van der Waals surface area contributed by atoms with E-state index in [1.54, 1.807) is 23.9 Å². The maximum absolute atomic E-state index is 11.9. The Morgan fingerprint density at radius 1 is 1.44 bits per heavy atom. The van der Waals surface area contributed by atoms with Gasteiger partial charge in [-0.25, -0.2) is 0 Å². The van der Waals surface area contributed by atoms with Gasteiger partial charge in [-0.2, -0.15) is 11.8 Å². The third kappa shape index (κ3) is 3.32. The van der Waals surface area contributed by atoms with Crippen LogP contribution in [0, 0.1) is 0 Å². The minimum atomic E-state index is -0.781. The molecule has 0 saturated carbocycles. The molecule has 1 aliphatic heterocycles. The van der Waals surface area contributed by atoms with E-state index in [4.69, 9.17) is 23.2 Å². The fraction of sp³-hybridized carbons (Fsp3) is 0.417. The second-order valence-corrected chi connectivity index (χ2v) is 6.26. The van der Waals surface area contributed by atoms with Crippen molar-refractivity contribution in [2.75, 3.05) is 18.1 Å². The van der Waals surface area contributed by atoms with Crippen molar-refractivity contribution < 1.29 is 9.90 Å². The van der Waals surface area contributed by atoms with Crippen LogP contribution in [0.5, 0.6) is 0 Å². The Bertz CT molecular complexity index is 461. The molecule has 1 aromatic rings. The number of benzene rings is 1. The number of carbonyl (C=O) groups is 1. The molecule has 2 N–H and O–H groups in total. The predicted octanol–water partition coefficient (Wildman–Crippen LogP) is 2.59. The molecule has 0 aromatic heterocycles. The molecule has 1 amide bonds. The van der Waals surface area contributed by atoms with Crippen molar-refractivity contribution in [3.05, 3.63) is 33.8 Å². The molecule has 0 bridgehead atoms. The third-order valence-corrected chi connectivity index (χ3v) is 4.82. The number of nitrogens with one attached hydrogen (secondary N) is 1. The predicted molar refractivity (Wildman–Crippen MR) is 75.7 cm³/mol. The van der Waals surface area contributed by atoms with E-state index < -0.39 is 5.60 Å². The molecule has 2 rings (SSSR count). The molecule has 1 saturated heterocycles. The second-order valence-electron chi connectivity index (χ2n) is 4.34. The highest BCUT2D eigenvalue weighted by atomic mass is 35.5. The van der Waals surface area contributed by atoms with Crippen molar-refractivity contribution in [1.29, 1.82) is 0 Å². The van der Waals surface area contributed by atoms with E-state index in [0.29, 0.717) is 27.8 Å². The lowest BCUT2D eigenvalue weighted by atomic mass is 10.0. The summed E-state index contributed by atoms with van der Waals surface area (Å²) in [5, 5.41) is 13.6. The quantitative estimate of drug-likeness (QED) is 0.902. The zero-order chi connectivity index (χ0) is 13.2. The zero-order valence-electron chi connectivity index (χ0n) is 9.58. The number of hydrogen-bond acceptors (Lipinski definition) is 3. The monoisotopic (exact) mass is 305 g/mol. The van der Waals surface area contributed by atoms with Crippen LogP contribution in [0.15, 0.2) is 18.2 Å². The molecule has 0 radical (unpaired) electrons. The first-order chi connectivity index (χ1) is 8.50. The van der Waals surface area contributed by atoms with Crippen molar-refractivity contribution in [3.63, 3.8) is 0 Å². The molecule has 6 heteroatoms. The van der Waals surface area contributed by atoms with E-state index in [1.165, 1.54) is 6.07 Å². The van der Waals surface area contributed by atoms with E-state index in [9.17, 15) is 9.90 Å². The average Bonchev–Trinajstić information content (AvgIpc) is 2.77. The van der Waals surface area contributed by atoms with Gasteiger partial charge in [0.15, 0.2) is 0 Å². The van der Waals surface area contributed by atoms with Gasteiger partial charge in [-0.1, -0.05) is 23.2 Å². The summed E-state index contributed by atoms with van der Waals surface area (Å²) in [5.41, 5.74) is -0.338. The number of amides is 1. The van der Waals surface area contributed by atoms with E-state index in [2.05, 4.69) is 5.32 Å². The fourth-order valence-corrected chi connectivity index (χ4v) is 3.31. The van der Waals surface area contributed by atoms with Crippen LogP contribution >= 0.6 is 35.0 Å². The van der Waals surface area contributed by atoms with Gasteiger partial charge in [0.2, 0.25) is 0 Å². The second kappa shape index (κ2) is 5.70. The number of carbonyl (C=O) groups excluding carboxylic acids is 1. The van der Waals surface area contributed by atoms with E-state index >= 15 is 0 Å². The molecular weight excluding hydrogens is 293 g/mol. The lowest BCUT2D eigenvalue weighted by Crippen LogP contribution is -2.42. The Morgan fingerprint density at radius 3 is 2.83 bits per heavy atom. The van der Waals surface area contributed by atoms with Crippen LogP contribution in [0.25, 0.3) is 0 Å². The average molecular weight is 306 g/mol. The molecule has 1 heterocycles. The number of aliphatic hydroxyl groups is 1. The minimum Gasteiger partial charge on any atom is -0.387 e. The molecule has 1 aromatic carbocycles. The normalized spacial score (nSPS) is 23.1. The zero-order valence-corrected chi connectivity index (χ0v) is 11.9. The summed E-state index contributed by atoms with van der Waals surface area (Å²) < 4.78 is 0. The van der Waals surface area contributed by atoms with Crippen LogP contribution in [0.4, 0.5) is 0 Å². The molecular formula is C12H13Cl2NO2S. The molecule has 1 fully saturated rings. The van der Waals surface area contributed by atoms with Crippen molar-refractivity contribution in [3.8, 4) is 0 Å². The van der Waals surface area contributed by atoms with Crippen molar-refractivity contribution in [2.45, 2.75) is 12.0 Å². The number of halogens is 2. The molecule has 98 valence electrons. The number of rotatable bonds is 3. The Labute approximate surface area is 120 Å². The Kier molecular flexibility index (Phi) is 4.43. The van der Waals surface area contributed by atoms with Crippen molar-refractivity contribution in [2.24, 2.45) is 0 Å². The first-order valence-corrected chi connectivity index (χ1v) is 7.45. The fourth-order valence-electron chi connectivity index (χ4n) is 1.72. The highest BCUT2D eigenvalue weighted by Gasteiger charge is 2.32. The van der Waals surface area contributed by atoms with Gasteiger partial charge >= 0.3 is 0 Å². The summed E-state index contributed by atoms with van der Waals surface area (Å²) in [6, 6.07) is 4.71. The molecule has 1 unspecified atom stereocenters. The standard InChI is InChI=1S/C12H13Cl2NO2S/c13-9-2-1-8(5-10(9)14)11(16)15-6-12(17)3-4-18-7-12/h1-2,5,17H,3-4,6-7H2,(H,15,16).